The number of likely N-dealkylation sites (N-methyl/N-ethyl adjacent to an activating group) is 1. The van der Waals surface area contributed by atoms with Crippen molar-refractivity contribution in [2.75, 3.05) is 7.05 Å². The molecule has 0 aliphatic heterocycles. The Kier molecular flexibility index (Phi) is 4.96. The first-order chi connectivity index (χ1) is 10.8. The third-order valence-corrected chi connectivity index (χ3v) is 4.18. The smallest absolute Gasteiger partial charge is 0.120 e. The minimum atomic E-state index is 0.279. The van der Waals surface area contributed by atoms with Gasteiger partial charge in [0.05, 0.1) is 0 Å². The van der Waals surface area contributed by atoms with Crippen LogP contribution in [0.15, 0.2) is 54.6 Å². The summed E-state index contributed by atoms with van der Waals surface area (Å²) in [6.45, 7) is 0.589. The third-order valence-electron chi connectivity index (χ3n) is 4.18. The molecule has 1 aliphatic carbocycles. The largest absolute Gasteiger partial charge is 0.489 e. The van der Waals surface area contributed by atoms with Crippen molar-refractivity contribution in [3.05, 3.63) is 60.2 Å². The fourth-order valence-electron chi connectivity index (χ4n) is 2.93. The monoisotopic (exact) mass is 297 g/mol. The van der Waals surface area contributed by atoms with Crippen molar-refractivity contribution in [1.82, 2.24) is 5.32 Å². The summed E-state index contributed by atoms with van der Waals surface area (Å²) in [5.41, 5.74) is 1.17. The Labute approximate surface area is 132 Å². The van der Waals surface area contributed by atoms with Gasteiger partial charge in [0.25, 0.3) is 0 Å². The van der Waals surface area contributed by atoms with Crippen molar-refractivity contribution >= 4 is 0 Å². The SMILES string of the molecule is CN[C@@H]1CCC[C@@H]1Oc1ccc(OCc2ccccc2)cc1. The first-order valence-electron chi connectivity index (χ1n) is 7.96. The minimum Gasteiger partial charge on any atom is -0.489 e. The molecule has 3 heteroatoms. The van der Waals surface area contributed by atoms with Gasteiger partial charge in [0.2, 0.25) is 0 Å². The second-order valence-corrected chi connectivity index (χ2v) is 5.73. The van der Waals surface area contributed by atoms with Gasteiger partial charge in [-0.1, -0.05) is 30.3 Å². The highest BCUT2D eigenvalue weighted by Crippen LogP contribution is 2.26. The summed E-state index contributed by atoms with van der Waals surface area (Å²) in [7, 11) is 2.01. The highest BCUT2D eigenvalue weighted by Gasteiger charge is 2.27. The molecule has 0 aromatic heterocycles. The average molecular weight is 297 g/mol. The van der Waals surface area contributed by atoms with E-state index in [1.165, 1.54) is 18.4 Å². The van der Waals surface area contributed by atoms with Crippen molar-refractivity contribution in [2.24, 2.45) is 0 Å². The standard InChI is InChI=1S/C19H23NO2/c1-20-18-8-5-9-19(18)22-17-12-10-16(11-13-17)21-14-15-6-3-2-4-7-15/h2-4,6-7,10-13,18-20H,5,8-9,14H2,1H3/t18-,19+/m1/s1. The van der Waals surface area contributed by atoms with E-state index in [0.717, 1.165) is 17.9 Å². The topological polar surface area (TPSA) is 30.5 Å². The molecule has 0 heterocycles. The molecule has 2 atom stereocenters. The molecule has 0 spiro atoms. The van der Waals surface area contributed by atoms with Gasteiger partial charge in [-0.2, -0.15) is 0 Å². The van der Waals surface area contributed by atoms with Crippen LogP contribution in [-0.2, 0) is 6.61 Å². The van der Waals surface area contributed by atoms with Gasteiger partial charge >= 0.3 is 0 Å². The van der Waals surface area contributed by atoms with Crippen LogP contribution in [0.1, 0.15) is 24.8 Å². The van der Waals surface area contributed by atoms with E-state index in [2.05, 4.69) is 17.4 Å². The molecule has 2 aromatic carbocycles. The van der Waals surface area contributed by atoms with E-state index < -0.39 is 0 Å². The molecule has 0 bridgehead atoms. The lowest BCUT2D eigenvalue weighted by Gasteiger charge is -2.20. The molecule has 1 saturated carbocycles. The van der Waals surface area contributed by atoms with Crippen LogP contribution in [-0.4, -0.2) is 19.2 Å². The fraction of sp³-hybridized carbons (Fsp3) is 0.368. The Balaban J connectivity index is 1.54. The van der Waals surface area contributed by atoms with Gasteiger partial charge in [-0.3, -0.25) is 0 Å². The molecule has 2 aromatic rings. The van der Waals surface area contributed by atoms with Crippen LogP contribution in [0.2, 0.25) is 0 Å². The predicted octanol–water partition coefficient (Wildman–Crippen LogP) is 3.78. The van der Waals surface area contributed by atoms with Crippen LogP contribution < -0.4 is 14.8 Å². The van der Waals surface area contributed by atoms with Crippen LogP contribution in [0.25, 0.3) is 0 Å². The first kappa shape index (κ1) is 14.9. The molecule has 0 saturated heterocycles. The molecule has 22 heavy (non-hydrogen) atoms. The number of hydrogen-bond acceptors (Lipinski definition) is 3. The quantitative estimate of drug-likeness (QED) is 0.880. The summed E-state index contributed by atoms with van der Waals surface area (Å²) in [6.07, 6.45) is 3.83. The highest BCUT2D eigenvalue weighted by atomic mass is 16.5. The lowest BCUT2D eigenvalue weighted by Crippen LogP contribution is -2.36. The van der Waals surface area contributed by atoms with E-state index in [1.54, 1.807) is 0 Å². The summed E-state index contributed by atoms with van der Waals surface area (Å²) in [6, 6.07) is 18.6. The number of hydrogen-bond donors (Lipinski definition) is 1. The van der Waals surface area contributed by atoms with Crippen molar-refractivity contribution in [1.29, 1.82) is 0 Å². The molecule has 1 aliphatic rings. The summed E-state index contributed by atoms with van der Waals surface area (Å²) >= 11 is 0. The molecule has 0 unspecified atom stereocenters. The number of nitrogens with one attached hydrogen (secondary N) is 1. The molecular weight excluding hydrogens is 274 g/mol. The highest BCUT2D eigenvalue weighted by molar-refractivity contribution is 5.32. The maximum absolute atomic E-state index is 6.08. The van der Waals surface area contributed by atoms with Crippen molar-refractivity contribution < 1.29 is 9.47 Å². The fourth-order valence-corrected chi connectivity index (χ4v) is 2.93. The van der Waals surface area contributed by atoms with Gasteiger partial charge in [0.15, 0.2) is 0 Å². The molecule has 3 nitrogen and oxygen atoms in total. The van der Waals surface area contributed by atoms with Crippen LogP contribution in [0.4, 0.5) is 0 Å². The van der Waals surface area contributed by atoms with Gasteiger partial charge < -0.3 is 14.8 Å². The van der Waals surface area contributed by atoms with Gasteiger partial charge in [0.1, 0.15) is 24.2 Å². The molecule has 0 radical (unpaired) electrons. The van der Waals surface area contributed by atoms with Crippen LogP contribution in [0.5, 0.6) is 11.5 Å². The lowest BCUT2D eigenvalue weighted by molar-refractivity contribution is 0.178. The zero-order valence-electron chi connectivity index (χ0n) is 13.0. The van der Waals surface area contributed by atoms with E-state index in [1.807, 2.05) is 49.5 Å². The Bertz CT molecular complexity index is 568. The van der Waals surface area contributed by atoms with E-state index in [0.29, 0.717) is 12.6 Å². The zero-order valence-corrected chi connectivity index (χ0v) is 13.0. The first-order valence-corrected chi connectivity index (χ1v) is 7.96. The summed E-state index contributed by atoms with van der Waals surface area (Å²) < 4.78 is 11.9. The Morgan fingerprint density at radius 1 is 0.955 bits per heavy atom. The molecule has 1 N–H and O–H groups in total. The van der Waals surface area contributed by atoms with Gasteiger partial charge in [-0.25, -0.2) is 0 Å². The zero-order chi connectivity index (χ0) is 15.2. The normalized spacial score (nSPS) is 20.8. The Morgan fingerprint density at radius 2 is 1.68 bits per heavy atom. The molecular formula is C19H23NO2. The molecule has 0 amide bonds. The van der Waals surface area contributed by atoms with Crippen molar-refractivity contribution in [3.8, 4) is 11.5 Å². The molecule has 116 valence electrons. The Morgan fingerprint density at radius 3 is 2.41 bits per heavy atom. The second kappa shape index (κ2) is 7.32. The predicted molar refractivity (Wildman–Crippen MR) is 88.3 cm³/mol. The van der Waals surface area contributed by atoms with E-state index in [-0.39, 0.29) is 6.10 Å². The third kappa shape index (κ3) is 3.80. The summed E-state index contributed by atoms with van der Waals surface area (Å²) in [5.74, 6) is 1.78. The van der Waals surface area contributed by atoms with E-state index in [4.69, 9.17) is 9.47 Å². The minimum absolute atomic E-state index is 0.279. The lowest BCUT2D eigenvalue weighted by atomic mass is 10.2. The van der Waals surface area contributed by atoms with Crippen molar-refractivity contribution in [3.63, 3.8) is 0 Å². The number of rotatable bonds is 6. The Hall–Kier alpha value is -2.00. The van der Waals surface area contributed by atoms with Gasteiger partial charge in [0, 0.05) is 6.04 Å². The van der Waals surface area contributed by atoms with Crippen LogP contribution in [0.3, 0.4) is 0 Å². The number of benzene rings is 2. The average Bonchev–Trinajstić information content (AvgIpc) is 3.02. The van der Waals surface area contributed by atoms with Gasteiger partial charge in [-0.05, 0) is 56.1 Å². The van der Waals surface area contributed by atoms with Crippen molar-refractivity contribution in [2.45, 2.75) is 38.0 Å². The van der Waals surface area contributed by atoms with E-state index >= 15 is 0 Å². The maximum atomic E-state index is 6.08. The van der Waals surface area contributed by atoms with Crippen LogP contribution in [0, 0.1) is 0 Å². The molecule has 1 fully saturated rings. The van der Waals surface area contributed by atoms with Crippen LogP contribution >= 0.6 is 0 Å². The summed E-state index contributed by atoms with van der Waals surface area (Å²) in [4.78, 5) is 0. The van der Waals surface area contributed by atoms with E-state index in [9.17, 15) is 0 Å². The number of ether oxygens (including phenoxy) is 2. The maximum Gasteiger partial charge on any atom is 0.120 e. The summed E-state index contributed by atoms with van der Waals surface area (Å²) in [5, 5.41) is 3.33. The second-order valence-electron chi connectivity index (χ2n) is 5.73. The van der Waals surface area contributed by atoms with Gasteiger partial charge in [-0.15, -0.1) is 0 Å². The molecule has 3 rings (SSSR count).